The molecule has 0 aliphatic rings. The van der Waals surface area contributed by atoms with Gasteiger partial charge < -0.3 is 9.73 Å². The minimum Gasteiger partial charge on any atom is -0.464 e. The lowest BCUT2D eigenvalue weighted by Crippen LogP contribution is -2.34. The fourth-order valence-electron chi connectivity index (χ4n) is 1.23. The highest BCUT2D eigenvalue weighted by Crippen LogP contribution is 2.27. The van der Waals surface area contributed by atoms with Crippen molar-refractivity contribution in [3.63, 3.8) is 0 Å². The highest BCUT2D eigenvalue weighted by molar-refractivity contribution is 7.99. The van der Waals surface area contributed by atoms with Gasteiger partial charge in [0.2, 0.25) is 0 Å². The molecule has 0 saturated carbocycles. The Morgan fingerprint density at radius 1 is 1.06 bits per heavy atom. The summed E-state index contributed by atoms with van der Waals surface area (Å²) in [6.45, 7) is 13.9. The smallest absolute Gasteiger partial charge is 0.118 e. The van der Waals surface area contributed by atoms with Crippen LogP contribution < -0.4 is 5.32 Å². The molecule has 1 aromatic rings. The monoisotopic (exact) mass is 255 g/mol. The average molecular weight is 255 g/mol. The van der Waals surface area contributed by atoms with E-state index in [0.29, 0.717) is 0 Å². The highest BCUT2D eigenvalue weighted by atomic mass is 32.2. The van der Waals surface area contributed by atoms with Crippen molar-refractivity contribution < 1.29 is 4.42 Å². The summed E-state index contributed by atoms with van der Waals surface area (Å²) in [4.78, 5) is 0. The second-order valence-electron chi connectivity index (χ2n) is 6.37. The zero-order valence-electron chi connectivity index (χ0n) is 11.9. The van der Waals surface area contributed by atoms with Gasteiger partial charge in [-0.2, -0.15) is 0 Å². The summed E-state index contributed by atoms with van der Waals surface area (Å²) in [7, 11) is 0. The molecule has 0 amide bonds. The first-order valence-electron chi connectivity index (χ1n) is 6.12. The second-order valence-corrected chi connectivity index (χ2v) is 8.17. The van der Waals surface area contributed by atoms with Crippen molar-refractivity contribution >= 4 is 11.8 Å². The van der Waals surface area contributed by atoms with Gasteiger partial charge in [0.25, 0.3) is 0 Å². The molecular weight excluding hydrogens is 230 g/mol. The molecule has 2 nitrogen and oxygen atoms in total. The van der Waals surface area contributed by atoms with Gasteiger partial charge in [-0.3, -0.25) is 0 Å². The normalized spacial score (nSPS) is 13.1. The average Bonchev–Trinajstić information content (AvgIpc) is 2.57. The minimum absolute atomic E-state index is 0.132. The zero-order chi connectivity index (χ0) is 13.1. The summed E-state index contributed by atoms with van der Waals surface area (Å²) in [5.41, 5.74) is 0.132. The number of hydrogen-bond donors (Lipinski definition) is 1. The minimum atomic E-state index is 0.132. The van der Waals surface area contributed by atoms with Crippen LogP contribution in [0.1, 0.15) is 53.1 Å². The number of nitrogens with one attached hydrogen (secondary N) is 1. The van der Waals surface area contributed by atoms with Crippen LogP contribution in [0.4, 0.5) is 0 Å². The van der Waals surface area contributed by atoms with Crippen LogP contribution in [-0.4, -0.2) is 10.3 Å². The zero-order valence-corrected chi connectivity index (χ0v) is 12.7. The number of hydrogen-bond acceptors (Lipinski definition) is 3. The van der Waals surface area contributed by atoms with Gasteiger partial charge in [0.05, 0.1) is 12.3 Å². The number of thioether (sulfide) groups is 1. The van der Waals surface area contributed by atoms with E-state index in [1.165, 1.54) is 0 Å². The molecule has 1 aromatic heterocycles. The Balaban J connectivity index is 2.43. The maximum Gasteiger partial charge on any atom is 0.118 e. The molecule has 0 radical (unpaired) electrons. The van der Waals surface area contributed by atoms with Gasteiger partial charge in [0.15, 0.2) is 0 Å². The van der Waals surface area contributed by atoms with Crippen LogP contribution in [0.25, 0.3) is 0 Å². The molecule has 17 heavy (non-hydrogen) atoms. The van der Waals surface area contributed by atoms with Crippen molar-refractivity contribution in [3.8, 4) is 0 Å². The lowest BCUT2D eigenvalue weighted by atomic mass is 10.1. The molecule has 0 aromatic carbocycles. The third-order valence-corrected chi connectivity index (χ3v) is 3.45. The van der Waals surface area contributed by atoms with Crippen molar-refractivity contribution in [3.05, 3.63) is 23.7 Å². The Morgan fingerprint density at radius 3 is 2.18 bits per heavy atom. The van der Waals surface area contributed by atoms with Crippen LogP contribution in [0.5, 0.6) is 0 Å². The summed E-state index contributed by atoms with van der Waals surface area (Å²) < 4.78 is 6.08. The van der Waals surface area contributed by atoms with Gasteiger partial charge in [0.1, 0.15) is 11.5 Å². The molecule has 3 heteroatoms. The molecule has 1 heterocycles. The Hall–Kier alpha value is -0.410. The first-order valence-corrected chi connectivity index (χ1v) is 7.11. The first kappa shape index (κ1) is 14.7. The van der Waals surface area contributed by atoms with E-state index < -0.39 is 0 Å². The molecule has 0 unspecified atom stereocenters. The second kappa shape index (κ2) is 5.49. The van der Waals surface area contributed by atoms with Gasteiger partial charge in [-0.25, -0.2) is 0 Å². The van der Waals surface area contributed by atoms with Gasteiger partial charge in [-0.1, -0.05) is 20.8 Å². The van der Waals surface area contributed by atoms with Crippen LogP contribution >= 0.6 is 11.8 Å². The Bertz CT molecular complexity index is 311. The Labute approximate surface area is 110 Å². The van der Waals surface area contributed by atoms with Gasteiger partial charge >= 0.3 is 0 Å². The third kappa shape index (κ3) is 6.79. The van der Waals surface area contributed by atoms with E-state index in [4.69, 9.17) is 4.42 Å². The summed E-state index contributed by atoms with van der Waals surface area (Å²) in [6.07, 6.45) is 0. The van der Waals surface area contributed by atoms with Crippen molar-refractivity contribution in [2.75, 3.05) is 0 Å². The molecule has 0 spiro atoms. The fourth-order valence-corrected chi connectivity index (χ4v) is 1.97. The van der Waals surface area contributed by atoms with E-state index >= 15 is 0 Å². The lowest BCUT2D eigenvalue weighted by molar-refractivity contribution is 0.382. The fraction of sp³-hybridized carbons (Fsp3) is 0.714. The molecular formula is C14H25NOS. The standard InChI is InChI=1S/C14H25NOS/c1-13(2,3)15-9-11-7-8-12(16-11)10-17-14(4,5)6/h7-8,15H,9-10H2,1-6H3. The van der Waals surface area contributed by atoms with Crippen molar-refractivity contribution in [1.29, 1.82) is 0 Å². The van der Waals surface area contributed by atoms with E-state index in [-0.39, 0.29) is 10.3 Å². The molecule has 98 valence electrons. The largest absolute Gasteiger partial charge is 0.464 e. The van der Waals surface area contributed by atoms with E-state index in [2.05, 4.69) is 59.0 Å². The predicted octanol–water partition coefficient (Wildman–Crippen LogP) is 4.20. The molecule has 0 bridgehead atoms. The van der Waals surface area contributed by atoms with Gasteiger partial charge in [-0.15, -0.1) is 11.8 Å². The van der Waals surface area contributed by atoms with Gasteiger partial charge in [0, 0.05) is 10.3 Å². The van der Waals surface area contributed by atoms with Crippen LogP contribution in [0.15, 0.2) is 16.5 Å². The van der Waals surface area contributed by atoms with Crippen molar-refractivity contribution in [2.24, 2.45) is 0 Å². The Kier molecular flexibility index (Phi) is 4.73. The molecule has 1 rings (SSSR count). The van der Waals surface area contributed by atoms with Crippen LogP contribution in [0.2, 0.25) is 0 Å². The van der Waals surface area contributed by atoms with Crippen molar-refractivity contribution in [2.45, 2.75) is 64.1 Å². The summed E-state index contributed by atoms with van der Waals surface area (Å²) in [6, 6.07) is 4.15. The maximum absolute atomic E-state index is 5.79. The van der Waals surface area contributed by atoms with E-state index in [1.54, 1.807) is 0 Å². The molecule has 0 fully saturated rings. The Morgan fingerprint density at radius 2 is 1.65 bits per heavy atom. The molecule has 0 saturated heterocycles. The number of furan rings is 1. The van der Waals surface area contributed by atoms with E-state index in [1.807, 2.05) is 11.8 Å². The van der Waals surface area contributed by atoms with E-state index in [0.717, 1.165) is 23.8 Å². The van der Waals surface area contributed by atoms with E-state index in [9.17, 15) is 0 Å². The van der Waals surface area contributed by atoms with Crippen LogP contribution in [0.3, 0.4) is 0 Å². The van der Waals surface area contributed by atoms with Crippen LogP contribution in [-0.2, 0) is 12.3 Å². The van der Waals surface area contributed by atoms with Crippen LogP contribution in [0, 0.1) is 0 Å². The first-order chi connectivity index (χ1) is 7.66. The lowest BCUT2D eigenvalue weighted by Gasteiger charge is -2.19. The molecule has 0 aliphatic heterocycles. The third-order valence-electron chi connectivity index (χ3n) is 2.16. The van der Waals surface area contributed by atoms with Crippen molar-refractivity contribution in [1.82, 2.24) is 5.32 Å². The summed E-state index contributed by atoms with van der Waals surface area (Å²) >= 11 is 1.91. The highest BCUT2D eigenvalue weighted by Gasteiger charge is 2.13. The van der Waals surface area contributed by atoms with Gasteiger partial charge in [-0.05, 0) is 32.9 Å². The number of rotatable bonds is 4. The summed E-state index contributed by atoms with van der Waals surface area (Å²) in [5, 5.41) is 3.42. The quantitative estimate of drug-likeness (QED) is 0.873. The topological polar surface area (TPSA) is 25.2 Å². The molecule has 1 N–H and O–H groups in total. The summed E-state index contributed by atoms with van der Waals surface area (Å²) in [5.74, 6) is 3.03. The molecule has 0 atom stereocenters. The SMILES string of the molecule is CC(C)(C)NCc1ccc(CSC(C)(C)C)o1. The predicted molar refractivity (Wildman–Crippen MR) is 76.3 cm³/mol. The molecule has 0 aliphatic carbocycles. The maximum atomic E-state index is 5.79.